The van der Waals surface area contributed by atoms with Crippen molar-refractivity contribution in [2.75, 3.05) is 0 Å². The van der Waals surface area contributed by atoms with Crippen LogP contribution in [0.5, 0.6) is 0 Å². The minimum absolute atomic E-state index is 0.148. The van der Waals surface area contributed by atoms with Gasteiger partial charge in [0.05, 0.1) is 0 Å². The SMILES string of the molecule is CC(C)NCc1ccc(S(=O)(=O)NC2CCC2)s1. The number of nitrogens with one attached hydrogen (secondary N) is 2. The first kappa shape index (κ1) is 14.0. The summed E-state index contributed by atoms with van der Waals surface area (Å²) < 4.78 is 27.3. The van der Waals surface area contributed by atoms with Crippen molar-refractivity contribution in [2.45, 2.75) is 55.9 Å². The Morgan fingerprint density at radius 3 is 2.67 bits per heavy atom. The van der Waals surface area contributed by atoms with Gasteiger partial charge < -0.3 is 5.32 Å². The highest BCUT2D eigenvalue weighted by Gasteiger charge is 2.25. The summed E-state index contributed by atoms with van der Waals surface area (Å²) in [7, 11) is -3.30. The van der Waals surface area contributed by atoms with E-state index in [-0.39, 0.29) is 6.04 Å². The Morgan fingerprint density at radius 1 is 1.39 bits per heavy atom. The zero-order valence-electron chi connectivity index (χ0n) is 10.8. The molecule has 1 saturated carbocycles. The van der Waals surface area contributed by atoms with Crippen LogP contribution in [0.25, 0.3) is 0 Å². The maximum Gasteiger partial charge on any atom is 0.250 e. The molecule has 0 spiro atoms. The zero-order valence-corrected chi connectivity index (χ0v) is 12.4. The van der Waals surface area contributed by atoms with E-state index in [0.29, 0.717) is 10.3 Å². The molecule has 0 amide bonds. The lowest BCUT2D eigenvalue weighted by molar-refractivity contribution is 0.384. The highest BCUT2D eigenvalue weighted by atomic mass is 32.2. The van der Waals surface area contributed by atoms with Gasteiger partial charge in [0.25, 0.3) is 0 Å². The minimum Gasteiger partial charge on any atom is -0.310 e. The van der Waals surface area contributed by atoms with Crippen molar-refractivity contribution in [3.05, 3.63) is 17.0 Å². The standard InChI is InChI=1S/C12H20N2O2S2/c1-9(2)13-8-11-6-7-12(17-11)18(15,16)14-10-4-3-5-10/h6-7,9-10,13-14H,3-5,8H2,1-2H3. The molecule has 0 atom stereocenters. The van der Waals surface area contributed by atoms with Crippen molar-refractivity contribution in [2.24, 2.45) is 0 Å². The van der Waals surface area contributed by atoms with Crippen LogP contribution in [0.4, 0.5) is 0 Å². The number of rotatable bonds is 6. The average Bonchev–Trinajstić information content (AvgIpc) is 2.70. The summed E-state index contributed by atoms with van der Waals surface area (Å²) >= 11 is 1.35. The largest absolute Gasteiger partial charge is 0.310 e. The molecule has 1 aliphatic rings. The average molecular weight is 288 g/mol. The number of hydrogen-bond donors (Lipinski definition) is 2. The van der Waals surface area contributed by atoms with E-state index in [9.17, 15) is 8.42 Å². The third kappa shape index (κ3) is 3.54. The van der Waals surface area contributed by atoms with Crippen LogP contribution in [0.15, 0.2) is 16.3 Å². The predicted molar refractivity (Wildman–Crippen MR) is 74.3 cm³/mol. The number of sulfonamides is 1. The zero-order chi connectivity index (χ0) is 13.2. The molecule has 1 aromatic rings. The van der Waals surface area contributed by atoms with Crippen molar-refractivity contribution in [3.8, 4) is 0 Å². The molecule has 0 aliphatic heterocycles. The molecule has 1 heterocycles. The first-order chi connectivity index (χ1) is 8.47. The van der Waals surface area contributed by atoms with Crippen LogP contribution in [0, 0.1) is 0 Å². The smallest absolute Gasteiger partial charge is 0.250 e. The summed E-state index contributed by atoms with van der Waals surface area (Å²) in [5.74, 6) is 0. The first-order valence-electron chi connectivity index (χ1n) is 6.32. The third-order valence-electron chi connectivity index (χ3n) is 3.01. The lowest BCUT2D eigenvalue weighted by atomic mass is 9.94. The first-order valence-corrected chi connectivity index (χ1v) is 8.62. The van der Waals surface area contributed by atoms with Gasteiger partial charge in [-0.25, -0.2) is 13.1 Å². The Balaban J connectivity index is 1.99. The molecule has 0 saturated heterocycles. The molecule has 2 N–H and O–H groups in total. The van der Waals surface area contributed by atoms with Gasteiger partial charge >= 0.3 is 0 Å². The van der Waals surface area contributed by atoms with Gasteiger partial charge in [0.2, 0.25) is 10.0 Å². The van der Waals surface area contributed by atoms with Gasteiger partial charge in [-0.2, -0.15) is 0 Å². The molecule has 4 nitrogen and oxygen atoms in total. The molecule has 102 valence electrons. The minimum atomic E-state index is -3.30. The Kier molecular flexibility index (Phi) is 4.42. The number of hydrogen-bond acceptors (Lipinski definition) is 4. The molecule has 0 radical (unpaired) electrons. The summed E-state index contributed by atoms with van der Waals surface area (Å²) in [5, 5.41) is 3.28. The predicted octanol–water partition coefficient (Wildman–Crippen LogP) is 2.08. The van der Waals surface area contributed by atoms with Crippen molar-refractivity contribution < 1.29 is 8.42 Å². The summed E-state index contributed by atoms with van der Waals surface area (Å²) in [4.78, 5) is 1.05. The molecular weight excluding hydrogens is 268 g/mol. The van der Waals surface area contributed by atoms with Crippen molar-refractivity contribution >= 4 is 21.4 Å². The van der Waals surface area contributed by atoms with Crippen LogP contribution in [0.1, 0.15) is 38.0 Å². The second-order valence-corrected chi connectivity index (χ2v) is 8.11. The maximum absolute atomic E-state index is 12.1. The Morgan fingerprint density at radius 2 is 2.11 bits per heavy atom. The normalized spacial score (nSPS) is 17.1. The van der Waals surface area contributed by atoms with Crippen molar-refractivity contribution in [3.63, 3.8) is 0 Å². The topological polar surface area (TPSA) is 58.2 Å². The molecule has 0 unspecified atom stereocenters. The molecule has 0 bridgehead atoms. The molecule has 1 fully saturated rings. The lowest BCUT2D eigenvalue weighted by Crippen LogP contribution is -2.39. The van der Waals surface area contributed by atoms with Gasteiger partial charge in [-0.15, -0.1) is 11.3 Å². The molecule has 18 heavy (non-hydrogen) atoms. The van der Waals surface area contributed by atoms with Crippen LogP contribution >= 0.6 is 11.3 Å². The Labute approximate surface area is 113 Å². The summed E-state index contributed by atoms with van der Waals surface area (Å²) in [6, 6.07) is 4.13. The molecule has 6 heteroatoms. The van der Waals surface area contributed by atoms with Gasteiger partial charge in [0, 0.05) is 23.5 Å². The van der Waals surface area contributed by atoms with Crippen LogP contribution in [-0.2, 0) is 16.6 Å². The van der Waals surface area contributed by atoms with Crippen LogP contribution in [0.2, 0.25) is 0 Å². The fourth-order valence-corrected chi connectivity index (χ4v) is 4.33. The monoisotopic (exact) mass is 288 g/mol. The van der Waals surface area contributed by atoms with Crippen LogP contribution in [0.3, 0.4) is 0 Å². The summed E-state index contributed by atoms with van der Waals surface area (Å²) in [6.07, 6.45) is 3.06. The third-order valence-corrected chi connectivity index (χ3v) is 6.11. The number of thiophene rings is 1. The van der Waals surface area contributed by atoms with E-state index >= 15 is 0 Å². The van der Waals surface area contributed by atoms with Gasteiger partial charge in [-0.1, -0.05) is 20.3 Å². The fourth-order valence-electron chi connectivity index (χ4n) is 1.71. The van der Waals surface area contributed by atoms with Gasteiger partial charge in [0.1, 0.15) is 4.21 Å². The van der Waals surface area contributed by atoms with Crippen LogP contribution in [-0.4, -0.2) is 20.5 Å². The van der Waals surface area contributed by atoms with E-state index in [1.165, 1.54) is 11.3 Å². The van der Waals surface area contributed by atoms with Gasteiger partial charge in [0.15, 0.2) is 0 Å². The van der Waals surface area contributed by atoms with Crippen molar-refractivity contribution in [1.29, 1.82) is 0 Å². The Bertz CT molecular complexity index is 490. The van der Waals surface area contributed by atoms with Gasteiger partial charge in [-0.3, -0.25) is 0 Å². The van der Waals surface area contributed by atoms with E-state index in [2.05, 4.69) is 23.9 Å². The second kappa shape index (κ2) is 5.69. The molecule has 1 aliphatic carbocycles. The highest BCUT2D eigenvalue weighted by Crippen LogP contribution is 2.25. The van der Waals surface area contributed by atoms with E-state index in [4.69, 9.17) is 0 Å². The van der Waals surface area contributed by atoms with E-state index < -0.39 is 10.0 Å². The molecule has 1 aromatic heterocycles. The van der Waals surface area contributed by atoms with Gasteiger partial charge in [-0.05, 0) is 25.0 Å². The lowest BCUT2D eigenvalue weighted by Gasteiger charge is -2.25. The molecule has 0 aromatic carbocycles. The fraction of sp³-hybridized carbons (Fsp3) is 0.667. The van der Waals surface area contributed by atoms with E-state index in [1.54, 1.807) is 6.07 Å². The molecule has 2 rings (SSSR count). The summed E-state index contributed by atoms with van der Waals surface area (Å²) in [5.41, 5.74) is 0. The van der Waals surface area contributed by atoms with E-state index in [1.807, 2.05) is 6.07 Å². The quantitative estimate of drug-likeness (QED) is 0.842. The van der Waals surface area contributed by atoms with Crippen molar-refractivity contribution in [1.82, 2.24) is 10.0 Å². The second-order valence-electron chi connectivity index (χ2n) is 5.01. The van der Waals surface area contributed by atoms with E-state index in [0.717, 1.165) is 30.7 Å². The summed E-state index contributed by atoms with van der Waals surface area (Å²) in [6.45, 7) is 4.87. The maximum atomic E-state index is 12.1. The molecular formula is C12H20N2O2S2. The highest BCUT2D eigenvalue weighted by molar-refractivity contribution is 7.91. The Hall–Kier alpha value is -0.430. The van der Waals surface area contributed by atoms with Crippen LogP contribution < -0.4 is 10.0 Å².